The van der Waals surface area contributed by atoms with Crippen LogP contribution in [0.25, 0.3) is 4.96 Å². The van der Waals surface area contributed by atoms with Crippen molar-refractivity contribution in [2.75, 3.05) is 5.32 Å². The number of imidazole rings is 1. The molecule has 0 aliphatic rings. The number of carbonyl (C=O) groups is 2. The Balaban J connectivity index is 1.73. The van der Waals surface area contributed by atoms with Gasteiger partial charge in [0.1, 0.15) is 0 Å². The van der Waals surface area contributed by atoms with Crippen LogP contribution >= 0.6 is 34.5 Å². The lowest BCUT2D eigenvalue weighted by Gasteiger charge is -2.14. The van der Waals surface area contributed by atoms with Crippen molar-refractivity contribution in [1.82, 2.24) is 9.38 Å². The predicted octanol–water partition coefficient (Wildman–Crippen LogP) is 4.20. The lowest BCUT2D eigenvalue weighted by molar-refractivity contribution is -0.123. The van der Waals surface area contributed by atoms with Crippen LogP contribution in [0.5, 0.6) is 0 Å². The van der Waals surface area contributed by atoms with E-state index in [4.69, 9.17) is 27.9 Å². The number of aromatic nitrogens is 2. The first-order chi connectivity index (χ1) is 11.9. The molecular formula is C16H13Cl2N3O3S. The third-order valence-corrected chi connectivity index (χ3v) is 4.78. The molecule has 0 saturated carbocycles. The number of nitrogens with zero attached hydrogens (tertiary/aromatic N) is 2. The third kappa shape index (κ3) is 3.63. The van der Waals surface area contributed by atoms with Gasteiger partial charge >= 0.3 is 5.97 Å². The Labute approximate surface area is 157 Å². The van der Waals surface area contributed by atoms with E-state index >= 15 is 0 Å². The van der Waals surface area contributed by atoms with Crippen molar-refractivity contribution in [3.8, 4) is 0 Å². The summed E-state index contributed by atoms with van der Waals surface area (Å²) in [5, 5.41) is 5.00. The number of nitrogens with one attached hydrogen (secondary N) is 1. The maximum absolute atomic E-state index is 12.4. The minimum atomic E-state index is -1.02. The Bertz CT molecular complexity index is 967. The van der Waals surface area contributed by atoms with Gasteiger partial charge in [0.25, 0.3) is 5.91 Å². The maximum Gasteiger partial charge on any atom is 0.359 e. The molecule has 0 unspecified atom stereocenters. The van der Waals surface area contributed by atoms with Gasteiger partial charge in [-0.25, -0.2) is 9.78 Å². The summed E-state index contributed by atoms with van der Waals surface area (Å²) in [7, 11) is 0. The average Bonchev–Trinajstić information content (AvgIpc) is 3.10. The molecule has 0 aliphatic carbocycles. The molecule has 0 saturated heterocycles. The van der Waals surface area contributed by atoms with Gasteiger partial charge in [0.2, 0.25) is 0 Å². The molecule has 3 aromatic rings. The van der Waals surface area contributed by atoms with Crippen LogP contribution in [0.4, 0.5) is 5.69 Å². The smallest absolute Gasteiger partial charge is 0.359 e. The molecule has 25 heavy (non-hydrogen) atoms. The number of benzene rings is 1. The SMILES string of the molecule is Cc1ccc(Cl)cc1NC(=O)[C@H](C)OC(=O)c1c(Cl)nc2sccn12. The van der Waals surface area contributed by atoms with E-state index in [1.54, 1.807) is 29.8 Å². The highest BCUT2D eigenvalue weighted by Crippen LogP contribution is 2.23. The number of rotatable bonds is 4. The molecule has 2 aromatic heterocycles. The van der Waals surface area contributed by atoms with E-state index in [9.17, 15) is 9.59 Å². The van der Waals surface area contributed by atoms with Crippen LogP contribution in [0, 0.1) is 6.92 Å². The van der Waals surface area contributed by atoms with Crippen LogP contribution in [0.1, 0.15) is 23.0 Å². The van der Waals surface area contributed by atoms with E-state index in [2.05, 4.69) is 10.3 Å². The molecule has 0 bridgehead atoms. The number of hydrogen-bond acceptors (Lipinski definition) is 5. The van der Waals surface area contributed by atoms with Crippen molar-refractivity contribution in [2.45, 2.75) is 20.0 Å². The molecule has 0 radical (unpaired) electrons. The largest absolute Gasteiger partial charge is 0.448 e. The fourth-order valence-electron chi connectivity index (χ4n) is 2.18. The van der Waals surface area contributed by atoms with Gasteiger partial charge in [0.15, 0.2) is 21.9 Å². The molecule has 130 valence electrons. The number of hydrogen-bond donors (Lipinski definition) is 1. The lowest BCUT2D eigenvalue weighted by Crippen LogP contribution is -2.30. The summed E-state index contributed by atoms with van der Waals surface area (Å²) in [6.07, 6.45) is 0.640. The van der Waals surface area contributed by atoms with E-state index in [0.29, 0.717) is 15.7 Å². The first kappa shape index (κ1) is 17.7. The van der Waals surface area contributed by atoms with Crippen molar-refractivity contribution in [3.63, 3.8) is 0 Å². The second kappa shape index (κ2) is 7.03. The topological polar surface area (TPSA) is 72.7 Å². The number of ether oxygens (including phenoxy) is 1. The molecular weight excluding hydrogens is 385 g/mol. The number of fused-ring (bicyclic) bond motifs is 1. The number of amides is 1. The first-order valence-corrected chi connectivity index (χ1v) is 8.89. The van der Waals surface area contributed by atoms with Crippen LogP contribution < -0.4 is 5.32 Å². The van der Waals surface area contributed by atoms with Crippen LogP contribution in [0.2, 0.25) is 10.2 Å². The Hall–Kier alpha value is -2.09. The normalized spacial score (nSPS) is 12.2. The quantitative estimate of drug-likeness (QED) is 0.669. The van der Waals surface area contributed by atoms with E-state index in [-0.39, 0.29) is 10.8 Å². The van der Waals surface area contributed by atoms with Crippen LogP contribution in [-0.4, -0.2) is 27.4 Å². The summed E-state index contributed by atoms with van der Waals surface area (Å²) in [6.45, 7) is 3.31. The second-order valence-corrected chi connectivity index (χ2v) is 6.97. The van der Waals surface area contributed by atoms with E-state index in [1.165, 1.54) is 22.7 Å². The molecule has 9 heteroatoms. The van der Waals surface area contributed by atoms with Gasteiger partial charge in [-0.2, -0.15) is 0 Å². The Morgan fingerprint density at radius 2 is 2.12 bits per heavy atom. The molecule has 2 heterocycles. The fourth-order valence-corrected chi connectivity index (χ4v) is 3.36. The molecule has 3 rings (SSSR count). The average molecular weight is 398 g/mol. The van der Waals surface area contributed by atoms with Gasteiger partial charge < -0.3 is 10.1 Å². The number of aryl methyl sites for hydroxylation is 1. The zero-order valence-corrected chi connectivity index (χ0v) is 15.6. The van der Waals surface area contributed by atoms with E-state index in [0.717, 1.165) is 5.56 Å². The standard InChI is InChI=1S/C16H13Cl2N3O3S/c1-8-3-4-10(17)7-11(8)19-14(22)9(2)24-15(23)12-13(18)20-16-21(12)5-6-25-16/h3-7,9H,1-2H3,(H,19,22)/t9-/m0/s1. The second-order valence-electron chi connectivity index (χ2n) is 5.30. The maximum atomic E-state index is 12.4. The number of thiazole rings is 1. The highest BCUT2D eigenvalue weighted by atomic mass is 35.5. The number of carbonyl (C=O) groups excluding carboxylic acids is 2. The fraction of sp³-hybridized carbons (Fsp3) is 0.188. The van der Waals surface area contributed by atoms with Crippen LogP contribution in [0.15, 0.2) is 29.8 Å². The summed E-state index contributed by atoms with van der Waals surface area (Å²) in [5.41, 5.74) is 1.50. The van der Waals surface area contributed by atoms with Gasteiger partial charge in [-0.15, -0.1) is 11.3 Å². The number of anilines is 1. The molecule has 1 amide bonds. The van der Waals surface area contributed by atoms with E-state index in [1.807, 2.05) is 6.92 Å². The Morgan fingerprint density at radius 1 is 1.36 bits per heavy atom. The molecule has 1 N–H and O–H groups in total. The summed E-state index contributed by atoms with van der Waals surface area (Å²) in [6, 6.07) is 5.14. The summed E-state index contributed by atoms with van der Waals surface area (Å²) >= 11 is 13.3. The van der Waals surface area contributed by atoms with Gasteiger partial charge in [0.05, 0.1) is 0 Å². The molecule has 1 aromatic carbocycles. The molecule has 0 fully saturated rings. The van der Waals surface area contributed by atoms with E-state index < -0.39 is 18.0 Å². The van der Waals surface area contributed by atoms with Gasteiger partial charge in [0, 0.05) is 22.3 Å². The zero-order chi connectivity index (χ0) is 18.1. The van der Waals surface area contributed by atoms with Gasteiger partial charge in [-0.3, -0.25) is 9.20 Å². The third-order valence-electron chi connectivity index (χ3n) is 3.52. The van der Waals surface area contributed by atoms with Gasteiger partial charge in [-0.05, 0) is 31.5 Å². The summed E-state index contributed by atoms with van der Waals surface area (Å²) in [4.78, 5) is 29.3. The monoisotopic (exact) mass is 397 g/mol. The van der Waals surface area contributed by atoms with Crippen molar-refractivity contribution in [1.29, 1.82) is 0 Å². The minimum Gasteiger partial charge on any atom is -0.448 e. The summed E-state index contributed by atoms with van der Waals surface area (Å²) < 4.78 is 6.76. The Kier molecular flexibility index (Phi) is 4.99. The first-order valence-electron chi connectivity index (χ1n) is 7.26. The van der Waals surface area contributed by atoms with Crippen molar-refractivity contribution in [3.05, 3.63) is 51.2 Å². The zero-order valence-electron chi connectivity index (χ0n) is 13.2. The van der Waals surface area contributed by atoms with Crippen molar-refractivity contribution >= 4 is 57.1 Å². The molecule has 0 aliphatic heterocycles. The number of halogens is 2. The summed E-state index contributed by atoms with van der Waals surface area (Å²) in [5.74, 6) is -1.19. The van der Waals surface area contributed by atoms with Crippen molar-refractivity contribution in [2.24, 2.45) is 0 Å². The Morgan fingerprint density at radius 3 is 2.88 bits per heavy atom. The molecule has 0 spiro atoms. The van der Waals surface area contributed by atoms with Crippen molar-refractivity contribution < 1.29 is 14.3 Å². The lowest BCUT2D eigenvalue weighted by atomic mass is 10.2. The predicted molar refractivity (Wildman–Crippen MR) is 97.8 cm³/mol. The highest BCUT2D eigenvalue weighted by molar-refractivity contribution is 7.15. The minimum absolute atomic E-state index is 0.0372. The molecule has 6 nitrogen and oxygen atoms in total. The van der Waals surface area contributed by atoms with Gasteiger partial charge in [-0.1, -0.05) is 29.3 Å². The number of esters is 1. The molecule has 1 atom stereocenters. The van der Waals surface area contributed by atoms with Crippen LogP contribution in [0.3, 0.4) is 0 Å². The van der Waals surface area contributed by atoms with Crippen LogP contribution in [-0.2, 0) is 9.53 Å². The highest BCUT2D eigenvalue weighted by Gasteiger charge is 2.25.